The number of carboxylic acids is 1. The van der Waals surface area contributed by atoms with E-state index in [0.717, 1.165) is 12.1 Å². The molecule has 0 bridgehead atoms. The standard InChI is InChI=1S/C13H11F3N2O3/c1-18-6-10(12(19)20)17-11(18)7-21-9-4-2-8(3-5-9)13(14,15)16/h2-6H,7H2,1H3,(H,19,20). The largest absolute Gasteiger partial charge is 0.486 e. The van der Waals surface area contributed by atoms with Gasteiger partial charge in [0.05, 0.1) is 5.56 Å². The van der Waals surface area contributed by atoms with E-state index in [9.17, 15) is 18.0 Å². The fourth-order valence-corrected chi connectivity index (χ4v) is 1.63. The smallest absolute Gasteiger partial charge is 0.416 e. The van der Waals surface area contributed by atoms with Gasteiger partial charge in [-0.2, -0.15) is 13.2 Å². The van der Waals surface area contributed by atoms with Crippen LogP contribution in [-0.4, -0.2) is 20.6 Å². The number of aromatic nitrogens is 2. The number of carbonyl (C=O) groups is 1. The molecule has 2 aromatic rings. The van der Waals surface area contributed by atoms with Gasteiger partial charge in [-0.05, 0) is 24.3 Å². The lowest BCUT2D eigenvalue weighted by molar-refractivity contribution is -0.137. The number of benzene rings is 1. The maximum atomic E-state index is 12.4. The third-order valence-electron chi connectivity index (χ3n) is 2.74. The van der Waals surface area contributed by atoms with E-state index in [-0.39, 0.29) is 18.1 Å². The zero-order valence-corrected chi connectivity index (χ0v) is 10.9. The molecule has 1 aromatic heterocycles. The minimum atomic E-state index is -4.39. The van der Waals surface area contributed by atoms with Gasteiger partial charge >= 0.3 is 12.1 Å². The molecule has 0 unspecified atom stereocenters. The molecule has 1 N–H and O–H groups in total. The first-order chi connectivity index (χ1) is 9.77. The van der Waals surface area contributed by atoms with Crippen molar-refractivity contribution in [1.82, 2.24) is 9.55 Å². The lowest BCUT2D eigenvalue weighted by Crippen LogP contribution is -2.05. The first kappa shape index (κ1) is 14.9. The number of nitrogens with zero attached hydrogens (tertiary/aromatic N) is 2. The number of halogens is 3. The summed E-state index contributed by atoms with van der Waals surface area (Å²) in [5, 5.41) is 8.79. The monoisotopic (exact) mass is 300 g/mol. The van der Waals surface area contributed by atoms with Crippen LogP contribution < -0.4 is 4.74 Å². The molecule has 0 aliphatic carbocycles. The Morgan fingerprint density at radius 3 is 2.43 bits per heavy atom. The number of hydrogen-bond acceptors (Lipinski definition) is 3. The van der Waals surface area contributed by atoms with Crippen molar-refractivity contribution in [2.24, 2.45) is 7.05 Å². The summed E-state index contributed by atoms with van der Waals surface area (Å²) >= 11 is 0. The average molecular weight is 300 g/mol. The second kappa shape index (κ2) is 5.47. The van der Waals surface area contributed by atoms with Crippen LogP contribution >= 0.6 is 0 Å². The number of ether oxygens (including phenoxy) is 1. The van der Waals surface area contributed by atoms with Gasteiger partial charge in [0.1, 0.15) is 18.2 Å². The highest BCUT2D eigenvalue weighted by Crippen LogP contribution is 2.30. The number of carboxylic acid groups (broad SMARTS) is 1. The zero-order valence-electron chi connectivity index (χ0n) is 10.9. The Kier molecular flexibility index (Phi) is 3.88. The Hall–Kier alpha value is -2.51. The molecule has 0 saturated carbocycles. The maximum Gasteiger partial charge on any atom is 0.416 e. The fraction of sp³-hybridized carbons (Fsp3) is 0.231. The van der Waals surface area contributed by atoms with Crippen LogP contribution in [0.25, 0.3) is 0 Å². The fourth-order valence-electron chi connectivity index (χ4n) is 1.63. The van der Waals surface area contributed by atoms with Crippen LogP contribution in [0.4, 0.5) is 13.2 Å². The summed E-state index contributed by atoms with van der Waals surface area (Å²) in [4.78, 5) is 14.6. The van der Waals surface area contributed by atoms with Gasteiger partial charge in [0, 0.05) is 13.2 Å². The molecule has 0 atom stereocenters. The Labute approximate surface area is 117 Å². The minimum Gasteiger partial charge on any atom is -0.486 e. The minimum absolute atomic E-state index is 0.0465. The summed E-state index contributed by atoms with van der Waals surface area (Å²) in [6, 6.07) is 4.22. The number of rotatable bonds is 4. The van der Waals surface area contributed by atoms with Crippen molar-refractivity contribution >= 4 is 5.97 Å². The van der Waals surface area contributed by atoms with Crippen LogP contribution in [0.3, 0.4) is 0 Å². The number of hydrogen-bond donors (Lipinski definition) is 1. The van der Waals surface area contributed by atoms with Gasteiger partial charge in [0.25, 0.3) is 0 Å². The van der Waals surface area contributed by atoms with Crippen molar-refractivity contribution in [3.8, 4) is 5.75 Å². The molecule has 112 valence electrons. The van der Waals surface area contributed by atoms with E-state index in [1.165, 1.54) is 22.9 Å². The Morgan fingerprint density at radius 1 is 1.33 bits per heavy atom. The summed E-state index contributed by atoms with van der Waals surface area (Å²) in [7, 11) is 1.60. The van der Waals surface area contributed by atoms with Crippen molar-refractivity contribution in [2.75, 3.05) is 0 Å². The van der Waals surface area contributed by atoms with Gasteiger partial charge < -0.3 is 14.4 Å². The van der Waals surface area contributed by atoms with Crippen molar-refractivity contribution < 1.29 is 27.8 Å². The molecule has 0 saturated heterocycles. The van der Waals surface area contributed by atoms with E-state index >= 15 is 0 Å². The second-order valence-electron chi connectivity index (χ2n) is 4.27. The summed E-state index contributed by atoms with van der Waals surface area (Å²) in [5.74, 6) is -0.568. The molecular weight excluding hydrogens is 289 g/mol. The van der Waals surface area contributed by atoms with Gasteiger partial charge in [0.15, 0.2) is 5.69 Å². The van der Waals surface area contributed by atoms with Crippen molar-refractivity contribution in [1.29, 1.82) is 0 Å². The number of aryl methyl sites for hydroxylation is 1. The van der Waals surface area contributed by atoms with E-state index in [1.807, 2.05) is 0 Å². The SMILES string of the molecule is Cn1cc(C(=O)O)nc1COc1ccc(C(F)(F)F)cc1. The molecule has 2 rings (SSSR count). The lowest BCUT2D eigenvalue weighted by Gasteiger charge is -2.09. The molecule has 0 aliphatic rings. The molecule has 8 heteroatoms. The quantitative estimate of drug-likeness (QED) is 0.943. The lowest BCUT2D eigenvalue weighted by atomic mass is 10.2. The molecule has 1 aromatic carbocycles. The van der Waals surface area contributed by atoms with Gasteiger partial charge in [-0.25, -0.2) is 9.78 Å². The van der Waals surface area contributed by atoms with Crippen LogP contribution in [0, 0.1) is 0 Å². The molecule has 1 heterocycles. The van der Waals surface area contributed by atoms with E-state index in [2.05, 4.69) is 4.98 Å². The van der Waals surface area contributed by atoms with Crippen LogP contribution in [0.15, 0.2) is 30.5 Å². The topological polar surface area (TPSA) is 64.4 Å². The van der Waals surface area contributed by atoms with E-state index in [1.54, 1.807) is 7.05 Å². The van der Waals surface area contributed by atoms with Crippen LogP contribution in [-0.2, 0) is 19.8 Å². The van der Waals surface area contributed by atoms with E-state index in [4.69, 9.17) is 9.84 Å². The van der Waals surface area contributed by atoms with E-state index < -0.39 is 17.7 Å². The van der Waals surface area contributed by atoms with Gasteiger partial charge in [-0.1, -0.05) is 0 Å². The molecule has 0 radical (unpaired) electrons. The summed E-state index contributed by atoms with van der Waals surface area (Å²) in [6.07, 6.45) is -3.07. The van der Waals surface area contributed by atoms with Crippen LogP contribution in [0.2, 0.25) is 0 Å². The summed E-state index contributed by atoms with van der Waals surface area (Å²) < 4.78 is 43.9. The van der Waals surface area contributed by atoms with Crippen molar-refractivity contribution in [3.63, 3.8) is 0 Å². The van der Waals surface area contributed by atoms with Crippen LogP contribution in [0.1, 0.15) is 21.9 Å². The Balaban J connectivity index is 2.05. The first-order valence-electron chi connectivity index (χ1n) is 5.83. The highest BCUT2D eigenvalue weighted by Gasteiger charge is 2.30. The maximum absolute atomic E-state index is 12.4. The summed E-state index contributed by atoms with van der Waals surface area (Å²) in [6.45, 7) is -0.0465. The molecule has 0 aliphatic heterocycles. The number of aromatic carboxylic acids is 1. The molecule has 5 nitrogen and oxygen atoms in total. The third kappa shape index (κ3) is 3.53. The Morgan fingerprint density at radius 2 is 1.95 bits per heavy atom. The number of imidazole rings is 1. The first-order valence-corrected chi connectivity index (χ1v) is 5.83. The normalized spacial score (nSPS) is 11.4. The number of alkyl halides is 3. The predicted octanol–water partition coefficient (Wildman–Crippen LogP) is 2.72. The van der Waals surface area contributed by atoms with Gasteiger partial charge in [-0.15, -0.1) is 0 Å². The molecule has 0 spiro atoms. The zero-order chi connectivity index (χ0) is 15.6. The highest BCUT2D eigenvalue weighted by atomic mass is 19.4. The predicted molar refractivity (Wildman–Crippen MR) is 65.9 cm³/mol. The molecule has 0 amide bonds. The molecule has 21 heavy (non-hydrogen) atoms. The van der Waals surface area contributed by atoms with E-state index in [0.29, 0.717) is 5.82 Å². The van der Waals surface area contributed by atoms with Crippen LogP contribution in [0.5, 0.6) is 5.75 Å². The average Bonchev–Trinajstić information content (AvgIpc) is 2.77. The van der Waals surface area contributed by atoms with Crippen molar-refractivity contribution in [3.05, 3.63) is 47.5 Å². The highest BCUT2D eigenvalue weighted by molar-refractivity contribution is 5.85. The third-order valence-corrected chi connectivity index (χ3v) is 2.74. The molecule has 0 fully saturated rings. The van der Waals surface area contributed by atoms with Gasteiger partial charge in [0.2, 0.25) is 0 Å². The second-order valence-corrected chi connectivity index (χ2v) is 4.27. The van der Waals surface area contributed by atoms with Crippen molar-refractivity contribution in [2.45, 2.75) is 12.8 Å². The molecular formula is C13H11F3N2O3. The van der Waals surface area contributed by atoms with Gasteiger partial charge in [-0.3, -0.25) is 0 Å². The Bertz CT molecular complexity index is 648. The summed E-state index contributed by atoms with van der Waals surface area (Å²) in [5.41, 5.74) is -0.886.